The maximum Gasteiger partial charge on any atom is 0.274 e. The van der Waals surface area contributed by atoms with Crippen LogP contribution in [-0.4, -0.2) is 22.3 Å². The largest absolute Gasteiger partial charge is 0.497 e. The molecule has 0 spiro atoms. The molecule has 0 unspecified atom stereocenters. The molecule has 0 saturated carbocycles. The molecule has 0 fully saturated rings. The van der Waals surface area contributed by atoms with E-state index in [0.717, 1.165) is 22.6 Å². The summed E-state index contributed by atoms with van der Waals surface area (Å²) in [4.78, 5) is 14.9. The first kappa shape index (κ1) is 15.7. The molecule has 0 aliphatic rings. The van der Waals surface area contributed by atoms with Crippen LogP contribution in [0.4, 0.5) is 11.6 Å². The van der Waals surface area contributed by atoms with Gasteiger partial charge in [0.15, 0.2) is 0 Å². The van der Waals surface area contributed by atoms with E-state index < -0.39 is 0 Å². The van der Waals surface area contributed by atoms with Crippen molar-refractivity contribution in [2.75, 3.05) is 12.4 Å². The van der Waals surface area contributed by atoms with E-state index in [9.17, 15) is 4.79 Å². The average molecular weight is 322 g/mol. The van der Waals surface area contributed by atoms with Crippen molar-refractivity contribution in [2.45, 2.75) is 13.3 Å². The lowest BCUT2D eigenvalue weighted by molar-refractivity contribution is 0.414. The summed E-state index contributed by atoms with van der Waals surface area (Å²) >= 11 is 0. The van der Waals surface area contributed by atoms with Crippen LogP contribution in [0.5, 0.6) is 5.75 Å². The summed E-state index contributed by atoms with van der Waals surface area (Å²) in [6.45, 7) is 1.98. The Morgan fingerprint density at radius 1 is 1.08 bits per heavy atom. The molecule has 3 rings (SSSR count). The molecule has 1 aromatic heterocycles. The number of anilines is 2. The van der Waals surface area contributed by atoms with Gasteiger partial charge in [-0.25, -0.2) is 0 Å². The summed E-state index contributed by atoms with van der Waals surface area (Å²) in [7, 11) is 1.62. The molecule has 2 aromatic carbocycles. The van der Waals surface area contributed by atoms with E-state index in [2.05, 4.69) is 20.5 Å². The van der Waals surface area contributed by atoms with Crippen LogP contribution in [0, 0.1) is 6.92 Å². The number of hydrogen-bond donors (Lipinski definition) is 2. The first-order chi connectivity index (χ1) is 11.7. The fourth-order valence-corrected chi connectivity index (χ4v) is 2.31. The standard InChI is InChI=1S/C18H18N4O2/c1-12-5-3-4-6-15(12)19-18-20-17(23)16(21-22-18)11-13-7-9-14(24-2)10-8-13/h3-10H,11H2,1-2H3,(H2,19,20,22,23). The number of aryl methyl sites for hydroxylation is 1. The minimum Gasteiger partial charge on any atom is -0.497 e. The van der Waals surface area contributed by atoms with E-state index >= 15 is 0 Å². The maximum atomic E-state index is 12.2. The fourth-order valence-electron chi connectivity index (χ4n) is 2.31. The second-order valence-corrected chi connectivity index (χ2v) is 5.41. The van der Waals surface area contributed by atoms with Gasteiger partial charge in [-0.1, -0.05) is 30.3 Å². The van der Waals surface area contributed by atoms with E-state index in [1.54, 1.807) is 7.11 Å². The first-order valence-electron chi connectivity index (χ1n) is 7.57. The smallest absolute Gasteiger partial charge is 0.274 e. The highest BCUT2D eigenvalue weighted by Gasteiger charge is 2.07. The van der Waals surface area contributed by atoms with Crippen LogP contribution in [0.25, 0.3) is 0 Å². The zero-order valence-electron chi connectivity index (χ0n) is 13.5. The molecule has 6 heteroatoms. The van der Waals surface area contributed by atoms with Gasteiger partial charge in [0, 0.05) is 12.1 Å². The highest BCUT2D eigenvalue weighted by molar-refractivity contribution is 5.57. The Bertz CT molecular complexity index is 888. The highest BCUT2D eigenvalue weighted by Crippen LogP contribution is 2.16. The number of rotatable bonds is 5. The summed E-state index contributed by atoms with van der Waals surface area (Å²) in [5.41, 5.74) is 3.02. The third kappa shape index (κ3) is 3.60. The third-order valence-corrected chi connectivity index (χ3v) is 3.69. The minimum atomic E-state index is -0.253. The number of para-hydroxylation sites is 1. The number of aromatic nitrogens is 3. The number of H-pyrrole nitrogens is 1. The van der Waals surface area contributed by atoms with Crippen LogP contribution in [0.1, 0.15) is 16.8 Å². The van der Waals surface area contributed by atoms with Crippen molar-refractivity contribution < 1.29 is 4.74 Å². The molecule has 0 aliphatic heterocycles. The van der Waals surface area contributed by atoms with Crippen LogP contribution in [-0.2, 0) is 6.42 Å². The maximum absolute atomic E-state index is 12.2. The van der Waals surface area contributed by atoms with Crippen LogP contribution in [0.3, 0.4) is 0 Å². The summed E-state index contributed by atoms with van der Waals surface area (Å²) in [6, 6.07) is 15.3. The van der Waals surface area contributed by atoms with Gasteiger partial charge in [0.1, 0.15) is 11.4 Å². The first-order valence-corrected chi connectivity index (χ1v) is 7.57. The number of ether oxygens (including phenoxy) is 1. The topological polar surface area (TPSA) is 79.9 Å². The van der Waals surface area contributed by atoms with Gasteiger partial charge < -0.3 is 10.1 Å². The van der Waals surface area contributed by atoms with Crippen LogP contribution in [0.15, 0.2) is 53.3 Å². The molecule has 0 amide bonds. The van der Waals surface area contributed by atoms with Gasteiger partial charge in [0.05, 0.1) is 7.11 Å². The van der Waals surface area contributed by atoms with Crippen LogP contribution in [0.2, 0.25) is 0 Å². The molecule has 122 valence electrons. The molecule has 6 nitrogen and oxygen atoms in total. The third-order valence-electron chi connectivity index (χ3n) is 3.69. The lowest BCUT2D eigenvalue weighted by atomic mass is 10.1. The van der Waals surface area contributed by atoms with Gasteiger partial charge in [-0.05, 0) is 36.2 Å². The van der Waals surface area contributed by atoms with Crippen molar-refractivity contribution in [3.05, 3.63) is 75.7 Å². The Kier molecular flexibility index (Phi) is 4.56. The number of nitrogens with one attached hydrogen (secondary N) is 2. The van der Waals surface area contributed by atoms with Crippen LogP contribution < -0.4 is 15.6 Å². The second kappa shape index (κ2) is 6.95. The highest BCUT2D eigenvalue weighted by atomic mass is 16.5. The minimum absolute atomic E-state index is 0.253. The molecule has 0 aliphatic carbocycles. The van der Waals surface area contributed by atoms with Crippen molar-refractivity contribution in [1.82, 2.24) is 15.2 Å². The van der Waals surface area contributed by atoms with Gasteiger partial charge in [-0.15, -0.1) is 10.2 Å². The van der Waals surface area contributed by atoms with E-state index in [1.807, 2.05) is 55.5 Å². The predicted molar refractivity (Wildman–Crippen MR) is 92.9 cm³/mol. The molecule has 0 atom stereocenters. The number of benzene rings is 2. The molecular formula is C18H18N4O2. The fraction of sp³-hybridized carbons (Fsp3) is 0.167. The summed E-state index contributed by atoms with van der Waals surface area (Å²) in [6.07, 6.45) is 0.414. The van der Waals surface area contributed by atoms with E-state index in [1.165, 1.54) is 0 Å². The second-order valence-electron chi connectivity index (χ2n) is 5.41. The molecule has 3 aromatic rings. The monoisotopic (exact) mass is 322 g/mol. The van der Waals surface area contributed by atoms with Crippen molar-refractivity contribution in [1.29, 1.82) is 0 Å². The molecule has 0 bridgehead atoms. The van der Waals surface area contributed by atoms with Gasteiger partial charge in [-0.2, -0.15) is 0 Å². The summed E-state index contributed by atoms with van der Waals surface area (Å²) in [5, 5.41) is 11.2. The normalized spacial score (nSPS) is 10.4. The zero-order chi connectivity index (χ0) is 16.9. The number of methoxy groups -OCH3 is 1. The van der Waals surface area contributed by atoms with E-state index in [0.29, 0.717) is 18.1 Å². The SMILES string of the molecule is COc1ccc(Cc2nnc(Nc3ccccc3C)[nH]c2=O)cc1. The van der Waals surface area contributed by atoms with E-state index in [-0.39, 0.29) is 5.56 Å². The van der Waals surface area contributed by atoms with Gasteiger partial charge in [0.2, 0.25) is 5.95 Å². The molecule has 0 saturated heterocycles. The van der Waals surface area contributed by atoms with Crippen LogP contribution >= 0.6 is 0 Å². The Hall–Kier alpha value is -3.15. The molecule has 2 N–H and O–H groups in total. The number of hydrogen-bond acceptors (Lipinski definition) is 5. The Balaban J connectivity index is 1.77. The molecule has 0 radical (unpaired) electrons. The Morgan fingerprint density at radius 2 is 1.83 bits per heavy atom. The number of aromatic amines is 1. The lowest BCUT2D eigenvalue weighted by Crippen LogP contribution is -2.19. The predicted octanol–water partition coefficient (Wildman–Crippen LogP) is 2.82. The van der Waals surface area contributed by atoms with Crippen molar-refractivity contribution >= 4 is 11.6 Å². The molecule has 24 heavy (non-hydrogen) atoms. The van der Waals surface area contributed by atoms with Crippen molar-refractivity contribution in [3.8, 4) is 5.75 Å². The zero-order valence-corrected chi connectivity index (χ0v) is 13.5. The van der Waals surface area contributed by atoms with Gasteiger partial charge in [-0.3, -0.25) is 9.78 Å². The Labute approximate surface area is 139 Å². The molecule has 1 heterocycles. The average Bonchev–Trinajstić information content (AvgIpc) is 2.60. The summed E-state index contributed by atoms with van der Waals surface area (Å²) < 4.78 is 5.12. The van der Waals surface area contributed by atoms with Gasteiger partial charge in [0.25, 0.3) is 5.56 Å². The Morgan fingerprint density at radius 3 is 2.50 bits per heavy atom. The van der Waals surface area contributed by atoms with Crippen molar-refractivity contribution in [3.63, 3.8) is 0 Å². The molecular weight excluding hydrogens is 304 g/mol. The number of nitrogens with zero attached hydrogens (tertiary/aromatic N) is 2. The summed E-state index contributed by atoms with van der Waals surface area (Å²) in [5.74, 6) is 1.10. The van der Waals surface area contributed by atoms with Crippen molar-refractivity contribution in [2.24, 2.45) is 0 Å². The lowest BCUT2D eigenvalue weighted by Gasteiger charge is -2.08. The quantitative estimate of drug-likeness (QED) is 0.755. The van der Waals surface area contributed by atoms with Gasteiger partial charge >= 0.3 is 0 Å². The van der Waals surface area contributed by atoms with E-state index in [4.69, 9.17) is 4.74 Å².